The molecule has 1 aromatic carbocycles. The average molecular weight is 271 g/mol. The Kier molecular flexibility index (Phi) is 3.42. The summed E-state index contributed by atoms with van der Waals surface area (Å²) in [5, 5.41) is 10.2. The number of phenols is 1. The first-order valence-electron chi connectivity index (χ1n) is 6.64. The predicted octanol–water partition coefficient (Wildman–Crippen LogP) is 3.35. The molecule has 1 aromatic heterocycles. The Labute approximate surface area is 119 Å². The standard InChI is InChI=1S/C16H21N3O/c1-9-10(2)18-15(19-14(9)17)12-7-6-11(8-13(12)20)16(3,4)5/h6-8,20H,1-5H3,(H2,17,18,19). The SMILES string of the molecule is Cc1nc(-c2ccc(C(C)(C)C)cc2O)nc(N)c1C. The Hall–Kier alpha value is -2.10. The first-order valence-corrected chi connectivity index (χ1v) is 6.64. The minimum atomic E-state index is -0.0148. The molecule has 0 amide bonds. The smallest absolute Gasteiger partial charge is 0.165 e. The van der Waals surface area contributed by atoms with E-state index in [1.54, 1.807) is 6.07 Å². The van der Waals surface area contributed by atoms with Gasteiger partial charge in [0.05, 0.1) is 5.56 Å². The van der Waals surface area contributed by atoms with E-state index < -0.39 is 0 Å². The van der Waals surface area contributed by atoms with Crippen LogP contribution < -0.4 is 5.73 Å². The Morgan fingerprint density at radius 3 is 2.25 bits per heavy atom. The van der Waals surface area contributed by atoms with Crippen LogP contribution in [0.5, 0.6) is 5.75 Å². The van der Waals surface area contributed by atoms with Crippen LogP contribution in [0.25, 0.3) is 11.4 Å². The molecule has 0 unspecified atom stereocenters. The van der Waals surface area contributed by atoms with Gasteiger partial charge in [0.2, 0.25) is 0 Å². The Morgan fingerprint density at radius 2 is 1.75 bits per heavy atom. The molecular formula is C16H21N3O. The van der Waals surface area contributed by atoms with Gasteiger partial charge in [0.1, 0.15) is 11.6 Å². The number of aryl methyl sites for hydroxylation is 1. The number of hydrogen-bond acceptors (Lipinski definition) is 4. The van der Waals surface area contributed by atoms with E-state index in [1.807, 2.05) is 26.0 Å². The molecule has 20 heavy (non-hydrogen) atoms. The summed E-state index contributed by atoms with van der Waals surface area (Å²) >= 11 is 0. The molecule has 1 heterocycles. The molecule has 2 rings (SSSR count). The summed E-state index contributed by atoms with van der Waals surface area (Å²) < 4.78 is 0. The molecule has 0 aliphatic heterocycles. The molecule has 106 valence electrons. The van der Waals surface area contributed by atoms with Crippen LogP contribution in [0.2, 0.25) is 0 Å². The average Bonchev–Trinajstić information content (AvgIpc) is 2.34. The highest BCUT2D eigenvalue weighted by Crippen LogP contribution is 2.33. The van der Waals surface area contributed by atoms with E-state index in [1.165, 1.54) is 0 Å². The van der Waals surface area contributed by atoms with Crippen molar-refractivity contribution in [1.82, 2.24) is 9.97 Å². The lowest BCUT2D eigenvalue weighted by atomic mass is 9.86. The van der Waals surface area contributed by atoms with Crippen LogP contribution in [0.15, 0.2) is 18.2 Å². The van der Waals surface area contributed by atoms with Gasteiger partial charge in [-0.1, -0.05) is 26.8 Å². The van der Waals surface area contributed by atoms with Crippen molar-refractivity contribution in [3.8, 4) is 17.1 Å². The molecule has 0 fully saturated rings. The van der Waals surface area contributed by atoms with Crippen LogP contribution in [0.3, 0.4) is 0 Å². The van der Waals surface area contributed by atoms with Crippen molar-refractivity contribution in [3.63, 3.8) is 0 Å². The highest BCUT2D eigenvalue weighted by Gasteiger charge is 2.17. The number of nitrogens with zero attached hydrogens (tertiary/aromatic N) is 2. The molecule has 2 aromatic rings. The van der Waals surface area contributed by atoms with Gasteiger partial charge in [0.25, 0.3) is 0 Å². The van der Waals surface area contributed by atoms with E-state index >= 15 is 0 Å². The molecule has 0 saturated heterocycles. The molecule has 0 radical (unpaired) electrons. The van der Waals surface area contributed by atoms with Crippen LogP contribution in [0, 0.1) is 13.8 Å². The third-order valence-corrected chi connectivity index (χ3v) is 3.53. The topological polar surface area (TPSA) is 72.0 Å². The zero-order chi connectivity index (χ0) is 15.1. The maximum absolute atomic E-state index is 10.2. The number of phenolic OH excluding ortho intramolecular Hbond substituents is 1. The maximum Gasteiger partial charge on any atom is 0.165 e. The molecule has 3 N–H and O–H groups in total. The zero-order valence-electron chi connectivity index (χ0n) is 12.7. The van der Waals surface area contributed by atoms with Gasteiger partial charge >= 0.3 is 0 Å². The van der Waals surface area contributed by atoms with E-state index in [4.69, 9.17) is 5.73 Å². The van der Waals surface area contributed by atoms with Gasteiger partial charge in [-0.15, -0.1) is 0 Å². The Bertz CT molecular complexity index is 634. The molecule has 4 nitrogen and oxygen atoms in total. The number of benzene rings is 1. The first-order chi connectivity index (χ1) is 9.20. The summed E-state index contributed by atoms with van der Waals surface area (Å²) in [6, 6.07) is 5.60. The summed E-state index contributed by atoms with van der Waals surface area (Å²) in [7, 11) is 0. The van der Waals surface area contributed by atoms with Gasteiger partial charge in [0, 0.05) is 11.3 Å². The van der Waals surface area contributed by atoms with Crippen LogP contribution in [-0.2, 0) is 5.41 Å². The van der Waals surface area contributed by atoms with Gasteiger partial charge in [-0.25, -0.2) is 9.97 Å². The Morgan fingerprint density at radius 1 is 1.10 bits per heavy atom. The minimum Gasteiger partial charge on any atom is -0.507 e. The summed E-state index contributed by atoms with van der Waals surface area (Å²) in [5.74, 6) is 1.09. The van der Waals surface area contributed by atoms with E-state index in [-0.39, 0.29) is 11.2 Å². The normalized spacial score (nSPS) is 11.7. The predicted molar refractivity (Wildman–Crippen MR) is 81.7 cm³/mol. The maximum atomic E-state index is 10.2. The number of aromatic hydroxyl groups is 1. The quantitative estimate of drug-likeness (QED) is 0.834. The molecule has 0 spiro atoms. The Balaban J connectivity index is 2.54. The van der Waals surface area contributed by atoms with Crippen molar-refractivity contribution in [3.05, 3.63) is 35.0 Å². The monoisotopic (exact) mass is 271 g/mol. The molecular weight excluding hydrogens is 250 g/mol. The summed E-state index contributed by atoms with van der Waals surface area (Å²) in [5.41, 5.74) is 9.23. The van der Waals surface area contributed by atoms with E-state index in [9.17, 15) is 5.11 Å². The number of nitrogen functional groups attached to an aromatic ring is 1. The summed E-state index contributed by atoms with van der Waals surface area (Å²) in [6.07, 6.45) is 0. The number of nitrogens with two attached hydrogens (primary N) is 1. The van der Waals surface area contributed by atoms with E-state index in [0.717, 1.165) is 16.8 Å². The fourth-order valence-corrected chi connectivity index (χ4v) is 1.96. The van der Waals surface area contributed by atoms with Crippen LogP contribution in [0.4, 0.5) is 5.82 Å². The molecule has 0 saturated carbocycles. The highest BCUT2D eigenvalue weighted by atomic mass is 16.3. The summed E-state index contributed by atoms with van der Waals surface area (Å²) in [4.78, 5) is 8.67. The molecule has 0 atom stereocenters. The van der Waals surface area contributed by atoms with Crippen molar-refractivity contribution in [2.24, 2.45) is 0 Å². The van der Waals surface area contributed by atoms with Gasteiger partial charge in [-0.2, -0.15) is 0 Å². The second-order valence-corrected chi connectivity index (χ2v) is 6.12. The fourth-order valence-electron chi connectivity index (χ4n) is 1.96. The molecule has 0 aliphatic carbocycles. The zero-order valence-corrected chi connectivity index (χ0v) is 12.7. The van der Waals surface area contributed by atoms with E-state index in [0.29, 0.717) is 17.2 Å². The van der Waals surface area contributed by atoms with Crippen molar-refractivity contribution >= 4 is 5.82 Å². The lowest BCUT2D eigenvalue weighted by Crippen LogP contribution is -2.10. The van der Waals surface area contributed by atoms with Crippen molar-refractivity contribution in [2.45, 2.75) is 40.0 Å². The van der Waals surface area contributed by atoms with Crippen molar-refractivity contribution < 1.29 is 5.11 Å². The minimum absolute atomic E-state index is 0.0148. The van der Waals surface area contributed by atoms with Crippen LogP contribution in [-0.4, -0.2) is 15.1 Å². The van der Waals surface area contributed by atoms with Crippen molar-refractivity contribution in [1.29, 1.82) is 0 Å². The van der Waals surface area contributed by atoms with Gasteiger partial charge < -0.3 is 10.8 Å². The van der Waals surface area contributed by atoms with Gasteiger partial charge in [0.15, 0.2) is 5.82 Å². The first kappa shape index (κ1) is 14.3. The van der Waals surface area contributed by atoms with E-state index in [2.05, 4.69) is 30.7 Å². The van der Waals surface area contributed by atoms with Crippen LogP contribution >= 0.6 is 0 Å². The molecule has 0 bridgehead atoms. The largest absolute Gasteiger partial charge is 0.507 e. The van der Waals surface area contributed by atoms with Gasteiger partial charge in [-0.05, 0) is 37.0 Å². The third-order valence-electron chi connectivity index (χ3n) is 3.53. The highest BCUT2D eigenvalue weighted by molar-refractivity contribution is 5.66. The molecule has 0 aliphatic rings. The summed E-state index contributed by atoms with van der Waals surface area (Å²) in [6.45, 7) is 10.1. The van der Waals surface area contributed by atoms with Crippen LogP contribution in [0.1, 0.15) is 37.6 Å². The lowest BCUT2D eigenvalue weighted by molar-refractivity contribution is 0.472. The number of anilines is 1. The lowest BCUT2D eigenvalue weighted by Gasteiger charge is -2.20. The second kappa shape index (κ2) is 4.78. The second-order valence-electron chi connectivity index (χ2n) is 6.12. The number of rotatable bonds is 1. The third kappa shape index (κ3) is 2.59. The molecule has 4 heteroatoms. The number of aromatic nitrogens is 2. The fraction of sp³-hybridized carbons (Fsp3) is 0.375. The number of hydrogen-bond donors (Lipinski definition) is 2. The van der Waals surface area contributed by atoms with Crippen molar-refractivity contribution in [2.75, 3.05) is 5.73 Å². The van der Waals surface area contributed by atoms with Gasteiger partial charge in [-0.3, -0.25) is 0 Å².